The molecule has 0 spiro atoms. The minimum absolute atomic E-state index is 0.115. The van der Waals surface area contributed by atoms with Crippen LogP contribution in [0.2, 0.25) is 0 Å². The zero-order valence-electron chi connectivity index (χ0n) is 15.7. The summed E-state index contributed by atoms with van der Waals surface area (Å²) in [5, 5.41) is 0. The third kappa shape index (κ3) is 4.48. The molecule has 1 heterocycles. The molecule has 1 atom stereocenters. The second kappa shape index (κ2) is 8.39. The average molecular weight is 398 g/mol. The van der Waals surface area contributed by atoms with Crippen LogP contribution in [0.15, 0.2) is 70.6 Å². The number of rotatable bonds is 6. The number of sulfonamides is 1. The summed E-state index contributed by atoms with van der Waals surface area (Å²) < 4.78 is 32.2. The largest absolute Gasteiger partial charge is 0.460 e. The van der Waals surface area contributed by atoms with Crippen LogP contribution in [0.5, 0.6) is 0 Å². The van der Waals surface area contributed by atoms with Crippen molar-refractivity contribution in [1.29, 1.82) is 0 Å². The van der Waals surface area contributed by atoms with Gasteiger partial charge in [0.25, 0.3) is 10.0 Å². The van der Waals surface area contributed by atoms with E-state index in [1.165, 1.54) is 6.07 Å². The molecule has 0 amide bonds. The van der Waals surface area contributed by atoms with Crippen LogP contribution in [-0.4, -0.2) is 32.9 Å². The van der Waals surface area contributed by atoms with Gasteiger partial charge in [-0.3, -0.25) is 9.71 Å². The predicted molar refractivity (Wildman–Crippen MR) is 108 cm³/mol. The summed E-state index contributed by atoms with van der Waals surface area (Å²) in [6, 6.07) is 15.4. The lowest BCUT2D eigenvalue weighted by atomic mass is 10.1. The van der Waals surface area contributed by atoms with E-state index in [0.29, 0.717) is 5.56 Å². The fourth-order valence-electron chi connectivity index (χ4n) is 2.81. The molecule has 0 unspecified atom stereocenters. The van der Waals surface area contributed by atoms with Gasteiger partial charge < -0.3 is 4.74 Å². The Hall–Kier alpha value is -2.93. The van der Waals surface area contributed by atoms with Gasteiger partial charge in [0.15, 0.2) is 6.04 Å². The number of carbonyl (C=O) groups excluding carboxylic acids is 1. The van der Waals surface area contributed by atoms with Gasteiger partial charge in [0.2, 0.25) is 0 Å². The number of esters is 1. The maximum atomic E-state index is 12.5. The SMILES string of the molecule is CC(C)[C@H](N=C1NS(=O)(=O)c2ccccc21)C(=O)OC/C=C/c1ccccc1. The number of benzene rings is 2. The Morgan fingerprint density at radius 2 is 1.79 bits per heavy atom. The van der Waals surface area contributed by atoms with Crippen molar-refractivity contribution >= 4 is 27.9 Å². The Morgan fingerprint density at radius 1 is 1.11 bits per heavy atom. The van der Waals surface area contributed by atoms with Crippen molar-refractivity contribution in [1.82, 2.24) is 4.72 Å². The summed E-state index contributed by atoms with van der Waals surface area (Å²) in [5.41, 5.74) is 1.47. The van der Waals surface area contributed by atoms with E-state index in [4.69, 9.17) is 4.74 Å². The second-order valence-electron chi connectivity index (χ2n) is 6.71. The molecule has 2 aromatic rings. The number of nitrogens with zero attached hydrogens (tertiary/aromatic N) is 1. The van der Waals surface area contributed by atoms with Crippen molar-refractivity contribution in [2.24, 2.45) is 10.9 Å². The van der Waals surface area contributed by atoms with E-state index in [1.807, 2.05) is 50.3 Å². The maximum absolute atomic E-state index is 12.5. The van der Waals surface area contributed by atoms with Crippen molar-refractivity contribution in [2.45, 2.75) is 24.8 Å². The predicted octanol–water partition coefficient (Wildman–Crippen LogP) is 3.01. The molecule has 6 nitrogen and oxygen atoms in total. The Kier molecular flexibility index (Phi) is 5.94. The Labute approximate surface area is 165 Å². The second-order valence-corrected chi connectivity index (χ2v) is 8.36. The fraction of sp³-hybridized carbons (Fsp3) is 0.238. The summed E-state index contributed by atoms with van der Waals surface area (Å²) in [6.07, 6.45) is 3.62. The summed E-state index contributed by atoms with van der Waals surface area (Å²) in [6.45, 7) is 3.79. The molecule has 2 aromatic carbocycles. The number of hydrogen-bond acceptors (Lipinski definition) is 5. The number of amidine groups is 1. The number of aliphatic imine (C=N–C) groups is 1. The van der Waals surface area contributed by atoms with Crippen molar-refractivity contribution in [2.75, 3.05) is 6.61 Å². The average Bonchev–Trinajstić information content (AvgIpc) is 2.94. The molecule has 0 aromatic heterocycles. The molecule has 0 aliphatic carbocycles. The van der Waals surface area contributed by atoms with Crippen LogP contribution in [0.25, 0.3) is 6.08 Å². The maximum Gasteiger partial charge on any atom is 0.331 e. The number of fused-ring (bicyclic) bond motifs is 1. The van der Waals surface area contributed by atoms with E-state index in [9.17, 15) is 13.2 Å². The van der Waals surface area contributed by atoms with E-state index in [2.05, 4.69) is 9.71 Å². The van der Waals surface area contributed by atoms with Crippen LogP contribution in [0.4, 0.5) is 0 Å². The van der Waals surface area contributed by atoms with Crippen LogP contribution >= 0.6 is 0 Å². The highest BCUT2D eigenvalue weighted by Gasteiger charge is 2.32. The van der Waals surface area contributed by atoms with Crippen LogP contribution in [0.1, 0.15) is 25.0 Å². The molecule has 0 fully saturated rings. The topological polar surface area (TPSA) is 84.8 Å². The van der Waals surface area contributed by atoms with Crippen LogP contribution in [0.3, 0.4) is 0 Å². The minimum atomic E-state index is -3.65. The fourth-order valence-corrected chi connectivity index (χ4v) is 4.05. The summed E-state index contributed by atoms with van der Waals surface area (Å²) in [4.78, 5) is 17.1. The molecule has 0 bridgehead atoms. The third-order valence-electron chi connectivity index (χ3n) is 4.24. The molecule has 146 valence electrons. The van der Waals surface area contributed by atoms with Gasteiger partial charge in [-0.25, -0.2) is 13.2 Å². The van der Waals surface area contributed by atoms with Gasteiger partial charge in [0.05, 0.1) is 4.90 Å². The van der Waals surface area contributed by atoms with Gasteiger partial charge in [-0.1, -0.05) is 62.4 Å². The highest BCUT2D eigenvalue weighted by atomic mass is 32.2. The number of hydrogen-bond donors (Lipinski definition) is 1. The first kappa shape index (κ1) is 19.8. The molecule has 1 N–H and O–H groups in total. The minimum Gasteiger partial charge on any atom is -0.460 e. The Morgan fingerprint density at radius 3 is 2.50 bits per heavy atom. The number of carbonyl (C=O) groups is 1. The third-order valence-corrected chi connectivity index (χ3v) is 5.63. The molecule has 1 aliphatic heterocycles. The van der Waals surface area contributed by atoms with Crippen molar-refractivity contribution in [3.8, 4) is 0 Å². The highest BCUT2D eigenvalue weighted by molar-refractivity contribution is 7.90. The molecule has 0 radical (unpaired) electrons. The lowest BCUT2D eigenvalue weighted by Gasteiger charge is -2.16. The molecular weight excluding hydrogens is 376 g/mol. The number of nitrogens with one attached hydrogen (secondary N) is 1. The molecule has 1 aliphatic rings. The monoisotopic (exact) mass is 398 g/mol. The first-order valence-corrected chi connectivity index (χ1v) is 10.4. The highest BCUT2D eigenvalue weighted by Crippen LogP contribution is 2.23. The Balaban J connectivity index is 1.73. The standard InChI is InChI=1S/C21H22N2O4S/c1-15(2)19(21(24)27-14-8-11-16-9-4-3-5-10-16)22-20-17-12-6-7-13-18(17)28(25,26)23-20/h3-13,15,19H,14H2,1-2H3,(H,22,23)/b11-8+/t19-/m0/s1. The summed E-state index contributed by atoms with van der Waals surface area (Å²) in [7, 11) is -3.65. The lowest BCUT2D eigenvalue weighted by molar-refractivity contribution is -0.144. The van der Waals surface area contributed by atoms with Gasteiger partial charge in [-0.2, -0.15) is 0 Å². The van der Waals surface area contributed by atoms with Crippen LogP contribution < -0.4 is 4.72 Å². The molecule has 28 heavy (non-hydrogen) atoms. The van der Waals surface area contributed by atoms with Gasteiger partial charge in [-0.05, 0) is 29.7 Å². The molecule has 0 saturated carbocycles. The molecule has 0 saturated heterocycles. The quantitative estimate of drug-likeness (QED) is 0.758. The van der Waals surface area contributed by atoms with E-state index in [-0.39, 0.29) is 23.3 Å². The smallest absolute Gasteiger partial charge is 0.331 e. The van der Waals surface area contributed by atoms with E-state index in [0.717, 1.165) is 5.56 Å². The molecular formula is C21H22N2O4S. The van der Waals surface area contributed by atoms with Gasteiger partial charge in [0, 0.05) is 5.56 Å². The Bertz CT molecular complexity index is 1010. The van der Waals surface area contributed by atoms with Gasteiger partial charge in [-0.15, -0.1) is 0 Å². The van der Waals surface area contributed by atoms with Gasteiger partial charge >= 0.3 is 5.97 Å². The van der Waals surface area contributed by atoms with E-state index < -0.39 is 22.0 Å². The zero-order valence-corrected chi connectivity index (χ0v) is 16.5. The number of ether oxygens (including phenoxy) is 1. The van der Waals surface area contributed by atoms with Gasteiger partial charge in [0.1, 0.15) is 12.4 Å². The summed E-state index contributed by atoms with van der Waals surface area (Å²) >= 11 is 0. The first-order valence-electron chi connectivity index (χ1n) is 8.97. The van der Waals surface area contributed by atoms with E-state index >= 15 is 0 Å². The van der Waals surface area contributed by atoms with Crippen molar-refractivity contribution in [3.63, 3.8) is 0 Å². The first-order chi connectivity index (χ1) is 13.4. The van der Waals surface area contributed by atoms with Crippen LogP contribution in [-0.2, 0) is 19.6 Å². The summed E-state index contributed by atoms with van der Waals surface area (Å²) in [5.74, 6) is -0.481. The normalized spacial score (nSPS) is 17.5. The van der Waals surface area contributed by atoms with E-state index in [1.54, 1.807) is 24.3 Å². The molecule has 7 heteroatoms. The lowest BCUT2D eigenvalue weighted by Crippen LogP contribution is -2.31. The molecule has 3 rings (SSSR count). The van der Waals surface area contributed by atoms with Crippen molar-refractivity contribution < 1.29 is 17.9 Å². The van der Waals surface area contributed by atoms with Crippen LogP contribution in [0, 0.1) is 5.92 Å². The zero-order chi connectivity index (χ0) is 20.1. The van der Waals surface area contributed by atoms with Crippen molar-refractivity contribution in [3.05, 3.63) is 71.8 Å².